The fourth-order valence-corrected chi connectivity index (χ4v) is 3.01. The molecule has 3 rings (SSSR count). The number of nitrogens with zero attached hydrogens (tertiary/aromatic N) is 3. The van der Waals surface area contributed by atoms with E-state index in [4.69, 9.17) is 9.84 Å². The molecule has 134 valence electrons. The maximum Gasteiger partial charge on any atom is 0.234 e. The number of aliphatic hydroxyl groups excluding tert-OH is 1. The van der Waals surface area contributed by atoms with Crippen LogP contribution >= 0.6 is 0 Å². The number of ether oxygens (including phenoxy) is 1. The Balaban J connectivity index is 1.73. The first-order valence-electron chi connectivity index (χ1n) is 8.01. The summed E-state index contributed by atoms with van der Waals surface area (Å²) in [6.45, 7) is 0.714. The van der Waals surface area contributed by atoms with Crippen molar-refractivity contribution in [2.75, 3.05) is 31.2 Å². The fourth-order valence-electron chi connectivity index (χ4n) is 3.01. The smallest absolute Gasteiger partial charge is 0.234 e. The van der Waals surface area contributed by atoms with Crippen molar-refractivity contribution in [3.63, 3.8) is 0 Å². The largest absolute Gasteiger partial charge is 0.474 e. The van der Waals surface area contributed by atoms with Crippen molar-refractivity contribution in [3.05, 3.63) is 47.8 Å². The molecule has 0 spiro atoms. The van der Waals surface area contributed by atoms with E-state index in [1.807, 2.05) is 4.90 Å². The Kier molecular flexibility index (Phi) is 5.10. The van der Waals surface area contributed by atoms with Crippen LogP contribution in [0.2, 0.25) is 0 Å². The molecular weight excluding hydrogens is 332 g/mol. The molecule has 2 aromatic rings. The normalized spacial score (nSPS) is 16.7. The molecule has 0 atom stereocenters. The summed E-state index contributed by atoms with van der Waals surface area (Å²) in [5.41, 5.74) is -1.83. The number of piperidine rings is 1. The van der Waals surface area contributed by atoms with Crippen LogP contribution in [0, 0.1) is 11.6 Å². The molecule has 1 aliphatic rings. The van der Waals surface area contributed by atoms with Crippen molar-refractivity contribution in [1.29, 1.82) is 0 Å². The van der Waals surface area contributed by atoms with Crippen molar-refractivity contribution in [2.45, 2.75) is 18.4 Å². The lowest BCUT2D eigenvalue weighted by atomic mass is 9.83. The summed E-state index contributed by atoms with van der Waals surface area (Å²) in [5.74, 6) is -0.649. The molecule has 0 amide bonds. The quantitative estimate of drug-likeness (QED) is 0.852. The van der Waals surface area contributed by atoms with Gasteiger partial charge in [-0.15, -0.1) is 0 Å². The summed E-state index contributed by atoms with van der Waals surface area (Å²) in [7, 11) is 0. The third-order valence-corrected chi connectivity index (χ3v) is 4.28. The second-order valence-electron chi connectivity index (χ2n) is 5.90. The third-order valence-electron chi connectivity index (χ3n) is 4.28. The van der Waals surface area contributed by atoms with Gasteiger partial charge in [0, 0.05) is 13.1 Å². The van der Waals surface area contributed by atoms with Crippen molar-refractivity contribution in [2.24, 2.45) is 0 Å². The Labute approximate surface area is 143 Å². The molecule has 0 aliphatic carbocycles. The Morgan fingerprint density at radius 2 is 1.84 bits per heavy atom. The van der Waals surface area contributed by atoms with Crippen molar-refractivity contribution < 1.29 is 23.7 Å². The maximum absolute atomic E-state index is 14.0. The van der Waals surface area contributed by atoms with Crippen LogP contribution < -0.4 is 9.64 Å². The first-order valence-corrected chi connectivity index (χ1v) is 8.01. The Hall–Kier alpha value is -2.32. The Bertz CT molecular complexity index is 717. The van der Waals surface area contributed by atoms with E-state index in [0.717, 1.165) is 12.1 Å². The van der Waals surface area contributed by atoms with Crippen LogP contribution in [0.15, 0.2) is 30.6 Å². The predicted octanol–water partition coefficient (Wildman–Crippen LogP) is 1.61. The first-order chi connectivity index (χ1) is 12.0. The van der Waals surface area contributed by atoms with E-state index in [-0.39, 0.29) is 37.5 Å². The van der Waals surface area contributed by atoms with Gasteiger partial charge in [-0.05, 0) is 25.0 Å². The zero-order chi connectivity index (χ0) is 17.9. The molecule has 0 bridgehead atoms. The summed E-state index contributed by atoms with van der Waals surface area (Å²) < 4.78 is 33.2. The number of hydrogen-bond donors (Lipinski definition) is 2. The minimum absolute atomic E-state index is 0.116. The minimum Gasteiger partial charge on any atom is -0.474 e. The lowest BCUT2D eigenvalue weighted by molar-refractivity contribution is 0.00490. The van der Waals surface area contributed by atoms with Gasteiger partial charge in [-0.2, -0.15) is 4.98 Å². The van der Waals surface area contributed by atoms with E-state index < -0.39 is 17.2 Å². The molecule has 8 heteroatoms. The Morgan fingerprint density at radius 3 is 2.48 bits per heavy atom. The van der Waals surface area contributed by atoms with E-state index in [1.165, 1.54) is 12.3 Å². The maximum atomic E-state index is 14.0. The molecular formula is C17H19F2N3O3. The van der Waals surface area contributed by atoms with Gasteiger partial charge in [-0.3, -0.25) is 4.98 Å². The average Bonchev–Trinajstić information content (AvgIpc) is 2.60. The van der Waals surface area contributed by atoms with Crippen LogP contribution in [0.1, 0.15) is 18.4 Å². The van der Waals surface area contributed by atoms with E-state index >= 15 is 0 Å². The van der Waals surface area contributed by atoms with Gasteiger partial charge in [0.1, 0.15) is 18.2 Å². The lowest BCUT2D eigenvalue weighted by Gasteiger charge is -2.39. The highest BCUT2D eigenvalue weighted by Gasteiger charge is 2.38. The van der Waals surface area contributed by atoms with E-state index in [2.05, 4.69) is 9.97 Å². The van der Waals surface area contributed by atoms with Crippen LogP contribution in [0.5, 0.6) is 5.88 Å². The van der Waals surface area contributed by atoms with Gasteiger partial charge in [-0.25, -0.2) is 8.78 Å². The number of halogens is 2. The number of aromatic nitrogens is 2. The molecule has 6 nitrogen and oxygen atoms in total. The molecule has 1 aliphatic heterocycles. The molecule has 1 saturated heterocycles. The number of benzene rings is 1. The summed E-state index contributed by atoms with van der Waals surface area (Å²) in [5, 5.41) is 19.5. The highest BCUT2D eigenvalue weighted by Crippen LogP contribution is 2.36. The molecule has 2 heterocycles. The van der Waals surface area contributed by atoms with Gasteiger partial charge in [0.15, 0.2) is 5.82 Å². The van der Waals surface area contributed by atoms with Crippen LogP contribution in [-0.4, -0.2) is 46.5 Å². The van der Waals surface area contributed by atoms with Crippen molar-refractivity contribution in [1.82, 2.24) is 9.97 Å². The van der Waals surface area contributed by atoms with E-state index in [1.54, 1.807) is 6.20 Å². The van der Waals surface area contributed by atoms with Gasteiger partial charge < -0.3 is 19.8 Å². The lowest BCUT2D eigenvalue weighted by Crippen LogP contribution is -2.44. The molecule has 1 aromatic heterocycles. The molecule has 0 saturated carbocycles. The molecule has 1 fully saturated rings. The van der Waals surface area contributed by atoms with E-state index in [0.29, 0.717) is 18.9 Å². The summed E-state index contributed by atoms with van der Waals surface area (Å²) in [4.78, 5) is 10.2. The van der Waals surface area contributed by atoms with Gasteiger partial charge in [0.05, 0.1) is 30.2 Å². The standard InChI is InChI=1S/C17H19F2N3O3/c18-12-2-1-3-13(19)16(12)17(24)4-6-22(7-5-17)14-10-20-11-15(21-14)25-9-8-23/h1-3,10-11,23-24H,4-9H2. The predicted molar refractivity (Wildman–Crippen MR) is 86.3 cm³/mol. The number of rotatable bonds is 5. The van der Waals surface area contributed by atoms with Gasteiger partial charge in [0.2, 0.25) is 5.88 Å². The average molecular weight is 351 g/mol. The van der Waals surface area contributed by atoms with Crippen LogP contribution in [-0.2, 0) is 5.60 Å². The third kappa shape index (κ3) is 3.69. The van der Waals surface area contributed by atoms with E-state index in [9.17, 15) is 13.9 Å². The first kappa shape index (κ1) is 17.5. The van der Waals surface area contributed by atoms with Gasteiger partial charge >= 0.3 is 0 Å². The highest BCUT2D eigenvalue weighted by molar-refractivity contribution is 5.39. The van der Waals surface area contributed by atoms with Crippen LogP contribution in [0.25, 0.3) is 0 Å². The minimum atomic E-state index is -1.55. The van der Waals surface area contributed by atoms with Crippen LogP contribution in [0.3, 0.4) is 0 Å². The number of anilines is 1. The number of hydrogen-bond acceptors (Lipinski definition) is 6. The second-order valence-corrected chi connectivity index (χ2v) is 5.90. The monoisotopic (exact) mass is 351 g/mol. The topological polar surface area (TPSA) is 78.7 Å². The second kappa shape index (κ2) is 7.28. The molecule has 0 unspecified atom stereocenters. The SMILES string of the molecule is OCCOc1cncc(N2CCC(O)(c3c(F)cccc3F)CC2)n1. The van der Waals surface area contributed by atoms with Gasteiger partial charge in [-0.1, -0.05) is 6.07 Å². The van der Waals surface area contributed by atoms with Crippen molar-refractivity contribution >= 4 is 5.82 Å². The molecule has 2 N–H and O–H groups in total. The Morgan fingerprint density at radius 1 is 1.16 bits per heavy atom. The summed E-state index contributed by atoms with van der Waals surface area (Å²) in [6.07, 6.45) is 3.32. The summed E-state index contributed by atoms with van der Waals surface area (Å²) >= 11 is 0. The zero-order valence-electron chi connectivity index (χ0n) is 13.5. The van der Waals surface area contributed by atoms with Crippen LogP contribution in [0.4, 0.5) is 14.6 Å². The fraction of sp³-hybridized carbons (Fsp3) is 0.412. The molecule has 1 aromatic carbocycles. The molecule has 25 heavy (non-hydrogen) atoms. The highest BCUT2D eigenvalue weighted by atomic mass is 19.1. The summed E-state index contributed by atoms with van der Waals surface area (Å²) in [6, 6.07) is 3.58. The number of aliphatic hydroxyl groups is 2. The van der Waals surface area contributed by atoms with Gasteiger partial charge in [0.25, 0.3) is 0 Å². The zero-order valence-corrected chi connectivity index (χ0v) is 13.5. The van der Waals surface area contributed by atoms with Crippen molar-refractivity contribution in [3.8, 4) is 5.88 Å². The molecule has 0 radical (unpaired) electrons.